The second-order valence-corrected chi connectivity index (χ2v) is 5.36. The average Bonchev–Trinajstić information content (AvgIpc) is 2.86. The van der Waals surface area contributed by atoms with E-state index in [4.69, 9.17) is 27.7 Å². The highest BCUT2D eigenvalue weighted by Crippen LogP contribution is 2.21. The van der Waals surface area contributed by atoms with Gasteiger partial charge in [0.05, 0.1) is 0 Å². The fourth-order valence-electron chi connectivity index (χ4n) is 1.71. The molecule has 0 unspecified atom stereocenters. The third-order valence-corrected chi connectivity index (χ3v) is 3.36. The molecular weight excluding hydrogens is 329 g/mol. The van der Waals surface area contributed by atoms with Crippen LogP contribution in [-0.4, -0.2) is 23.5 Å². The molecule has 0 fully saturated rings. The number of anilines is 1. The average molecular weight is 342 g/mol. The van der Waals surface area contributed by atoms with Crippen molar-refractivity contribution in [3.8, 4) is 0 Å². The first kappa shape index (κ1) is 16.3. The van der Waals surface area contributed by atoms with Crippen LogP contribution in [0.4, 0.5) is 5.82 Å². The van der Waals surface area contributed by atoms with Crippen LogP contribution >= 0.6 is 23.2 Å². The molecular formula is C14H13Cl2N3O3. The monoisotopic (exact) mass is 341 g/mol. The van der Waals surface area contributed by atoms with Gasteiger partial charge in [0.15, 0.2) is 5.82 Å². The highest BCUT2D eigenvalue weighted by molar-refractivity contribution is 6.39. The summed E-state index contributed by atoms with van der Waals surface area (Å²) < 4.78 is 4.79. The second kappa shape index (κ2) is 7.29. The fraction of sp³-hybridized carbons (Fsp3) is 0.214. The molecule has 2 rings (SSSR count). The van der Waals surface area contributed by atoms with E-state index in [2.05, 4.69) is 15.8 Å². The van der Waals surface area contributed by atoms with Gasteiger partial charge >= 0.3 is 11.8 Å². The molecule has 0 bridgehead atoms. The van der Waals surface area contributed by atoms with E-state index in [0.717, 1.165) is 5.56 Å². The summed E-state index contributed by atoms with van der Waals surface area (Å²) in [5.41, 5.74) is 0.832. The molecule has 0 atom stereocenters. The summed E-state index contributed by atoms with van der Waals surface area (Å²) in [6, 6.07) is 6.62. The zero-order valence-electron chi connectivity index (χ0n) is 11.7. The molecule has 0 radical (unpaired) electrons. The second-order valence-electron chi connectivity index (χ2n) is 4.52. The van der Waals surface area contributed by atoms with Gasteiger partial charge in [-0.1, -0.05) is 34.4 Å². The Morgan fingerprint density at radius 3 is 2.64 bits per heavy atom. The molecule has 2 aromatic rings. The SMILES string of the molecule is Cc1cc(NC(=O)C(=O)NCCc2ccc(Cl)cc2Cl)no1. The summed E-state index contributed by atoms with van der Waals surface area (Å²) in [6.45, 7) is 1.95. The van der Waals surface area contributed by atoms with Crippen LogP contribution in [0, 0.1) is 6.92 Å². The predicted octanol–water partition coefficient (Wildman–Crippen LogP) is 2.59. The van der Waals surface area contributed by atoms with E-state index in [-0.39, 0.29) is 12.4 Å². The number of aryl methyl sites for hydroxylation is 1. The number of carbonyl (C=O) groups excluding carboxylic acids is 2. The van der Waals surface area contributed by atoms with Crippen LogP contribution in [0.1, 0.15) is 11.3 Å². The van der Waals surface area contributed by atoms with Crippen molar-refractivity contribution in [1.82, 2.24) is 10.5 Å². The maximum atomic E-state index is 11.6. The Morgan fingerprint density at radius 1 is 1.23 bits per heavy atom. The Kier molecular flexibility index (Phi) is 5.41. The molecule has 2 N–H and O–H groups in total. The number of nitrogens with one attached hydrogen (secondary N) is 2. The minimum Gasteiger partial charge on any atom is -0.360 e. The third kappa shape index (κ3) is 4.47. The predicted molar refractivity (Wildman–Crippen MR) is 83.0 cm³/mol. The van der Waals surface area contributed by atoms with Gasteiger partial charge in [-0.25, -0.2) is 0 Å². The van der Waals surface area contributed by atoms with Crippen LogP contribution in [0.2, 0.25) is 10.0 Å². The molecule has 0 aliphatic rings. The fourth-order valence-corrected chi connectivity index (χ4v) is 2.22. The molecule has 22 heavy (non-hydrogen) atoms. The lowest BCUT2D eigenvalue weighted by Gasteiger charge is -2.06. The van der Waals surface area contributed by atoms with Crippen molar-refractivity contribution in [2.75, 3.05) is 11.9 Å². The minimum absolute atomic E-state index is 0.193. The Bertz CT molecular complexity index is 700. The first-order valence-corrected chi connectivity index (χ1v) is 7.17. The van der Waals surface area contributed by atoms with Crippen molar-refractivity contribution in [3.05, 3.63) is 45.6 Å². The zero-order chi connectivity index (χ0) is 16.1. The summed E-state index contributed by atoms with van der Waals surface area (Å²) in [5, 5.41) is 9.46. The molecule has 0 saturated carbocycles. The van der Waals surface area contributed by atoms with E-state index in [1.165, 1.54) is 6.07 Å². The Hall–Kier alpha value is -2.05. The van der Waals surface area contributed by atoms with Gasteiger partial charge in [-0.3, -0.25) is 14.9 Å². The number of hydrogen-bond acceptors (Lipinski definition) is 4. The lowest BCUT2D eigenvalue weighted by Crippen LogP contribution is -2.36. The molecule has 0 spiro atoms. The number of carbonyl (C=O) groups is 2. The lowest BCUT2D eigenvalue weighted by atomic mass is 10.1. The van der Waals surface area contributed by atoms with E-state index >= 15 is 0 Å². The van der Waals surface area contributed by atoms with Crippen LogP contribution in [0.15, 0.2) is 28.8 Å². The first-order chi connectivity index (χ1) is 10.5. The van der Waals surface area contributed by atoms with Gasteiger partial charge in [0, 0.05) is 22.7 Å². The molecule has 0 aliphatic heterocycles. The summed E-state index contributed by atoms with van der Waals surface area (Å²) in [5.74, 6) is -0.840. The number of rotatable bonds is 4. The molecule has 6 nitrogen and oxygen atoms in total. The van der Waals surface area contributed by atoms with Gasteiger partial charge in [-0.05, 0) is 31.0 Å². The van der Waals surface area contributed by atoms with Crippen LogP contribution < -0.4 is 10.6 Å². The van der Waals surface area contributed by atoms with Gasteiger partial charge in [0.1, 0.15) is 5.76 Å². The van der Waals surface area contributed by atoms with Crippen molar-refractivity contribution in [1.29, 1.82) is 0 Å². The van der Waals surface area contributed by atoms with Crippen molar-refractivity contribution in [2.45, 2.75) is 13.3 Å². The Balaban J connectivity index is 1.81. The van der Waals surface area contributed by atoms with Gasteiger partial charge in [-0.15, -0.1) is 0 Å². The normalized spacial score (nSPS) is 10.3. The zero-order valence-corrected chi connectivity index (χ0v) is 13.2. The minimum atomic E-state index is -0.810. The molecule has 2 amide bonds. The molecule has 0 aliphatic carbocycles. The number of amides is 2. The quantitative estimate of drug-likeness (QED) is 0.837. The standard InChI is InChI=1S/C14H13Cl2N3O3/c1-8-6-12(19-22-8)18-14(21)13(20)17-5-4-9-2-3-10(15)7-11(9)16/h2-3,6-7H,4-5H2,1H3,(H,17,20)(H,18,19,21). The van der Waals surface area contributed by atoms with Crippen LogP contribution in [0.25, 0.3) is 0 Å². The lowest BCUT2D eigenvalue weighted by molar-refractivity contribution is -0.136. The van der Waals surface area contributed by atoms with Gasteiger partial charge in [0.2, 0.25) is 0 Å². The summed E-state index contributed by atoms with van der Waals surface area (Å²) >= 11 is 11.8. The maximum Gasteiger partial charge on any atom is 0.314 e. The van der Waals surface area contributed by atoms with E-state index < -0.39 is 11.8 Å². The molecule has 1 aromatic heterocycles. The molecule has 116 valence electrons. The first-order valence-electron chi connectivity index (χ1n) is 6.42. The summed E-state index contributed by atoms with van der Waals surface area (Å²) in [7, 11) is 0. The van der Waals surface area contributed by atoms with Crippen LogP contribution in [0.5, 0.6) is 0 Å². The van der Waals surface area contributed by atoms with Crippen molar-refractivity contribution in [2.24, 2.45) is 0 Å². The van der Waals surface area contributed by atoms with Gasteiger partial charge < -0.3 is 9.84 Å². The molecule has 1 aromatic carbocycles. The molecule has 8 heteroatoms. The third-order valence-electron chi connectivity index (χ3n) is 2.77. The summed E-state index contributed by atoms with van der Waals surface area (Å²) in [4.78, 5) is 23.3. The Morgan fingerprint density at radius 2 is 2.00 bits per heavy atom. The van der Waals surface area contributed by atoms with Crippen molar-refractivity contribution >= 4 is 40.8 Å². The number of halogens is 2. The van der Waals surface area contributed by atoms with E-state index in [9.17, 15) is 9.59 Å². The van der Waals surface area contributed by atoms with Crippen molar-refractivity contribution in [3.63, 3.8) is 0 Å². The Labute approximate surface area is 136 Å². The van der Waals surface area contributed by atoms with Crippen molar-refractivity contribution < 1.29 is 14.1 Å². The topological polar surface area (TPSA) is 84.2 Å². The highest BCUT2D eigenvalue weighted by atomic mass is 35.5. The van der Waals surface area contributed by atoms with E-state index in [0.29, 0.717) is 22.2 Å². The van der Waals surface area contributed by atoms with Crippen LogP contribution in [-0.2, 0) is 16.0 Å². The maximum absolute atomic E-state index is 11.6. The number of hydrogen-bond donors (Lipinski definition) is 2. The highest BCUT2D eigenvalue weighted by Gasteiger charge is 2.15. The molecule has 0 saturated heterocycles. The van der Waals surface area contributed by atoms with Crippen LogP contribution in [0.3, 0.4) is 0 Å². The summed E-state index contributed by atoms with van der Waals surface area (Å²) in [6.07, 6.45) is 0.484. The number of aromatic nitrogens is 1. The number of nitrogens with zero attached hydrogens (tertiary/aromatic N) is 1. The number of benzene rings is 1. The van der Waals surface area contributed by atoms with Gasteiger partial charge in [-0.2, -0.15) is 0 Å². The van der Waals surface area contributed by atoms with E-state index in [1.54, 1.807) is 25.1 Å². The largest absolute Gasteiger partial charge is 0.360 e. The molecule has 1 heterocycles. The smallest absolute Gasteiger partial charge is 0.314 e. The van der Waals surface area contributed by atoms with E-state index in [1.807, 2.05) is 0 Å². The van der Waals surface area contributed by atoms with Gasteiger partial charge in [0.25, 0.3) is 0 Å².